The molecule has 0 radical (unpaired) electrons. The maximum atomic E-state index is 12.6. The topological polar surface area (TPSA) is 90.0 Å². The van der Waals surface area contributed by atoms with Crippen molar-refractivity contribution in [2.24, 2.45) is 0 Å². The Morgan fingerprint density at radius 2 is 1.64 bits per heavy atom. The van der Waals surface area contributed by atoms with E-state index in [4.69, 9.17) is 9.47 Å². The van der Waals surface area contributed by atoms with Gasteiger partial charge in [0.05, 0.1) is 18.1 Å². The van der Waals surface area contributed by atoms with E-state index in [0.717, 1.165) is 5.56 Å². The lowest BCUT2D eigenvalue weighted by Gasteiger charge is -2.21. The number of nitrogens with zero attached hydrogens (tertiary/aromatic N) is 1. The van der Waals surface area contributed by atoms with Crippen LogP contribution in [-0.4, -0.2) is 47.2 Å². The molecule has 25 heavy (non-hydrogen) atoms. The molecule has 2 rings (SSSR count). The highest BCUT2D eigenvalue weighted by Crippen LogP contribution is 2.34. The highest BCUT2D eigenvalue weighted by atomic mass is 32.2. The molecule has 1 aromatic carbocycles. The van der Waals surface area contributed by atoms with Gasteiger partial charge < -0.3 is 9.47 Å². The number of thioether (sulfide) groups is 1. The molecule has 8 heteroatoms. The van der Waals surface area contributed by atoms with Crippen molar-refractivity contribution in [3.63, 3.8) is 0 Å². The second kappa shape index (κ2) is 8.48. The second-order valence-corrected chi connectivity index (χ2v) is 5.86. The van der Waals surface area contributed by atoms with Gasteiger partial charge in [-0.3, -0.25) is 9.59 Å². The molecule has 132 valence electrons. The molecule has 0 aromatic heterocycles. The molecule has 7 nitrogen and oxygen atoms in total. The Morgan fingerprint density at radius 1 is 1.08 bits per heavy atom. The first-order valence-electron chi connectivity index (χ1n) is 7.65. The van der Waals surface area contributed by atoms with Gasteiger partial charge in [-0.25, -0.2) is 14.5 Å². The van der Waals surface area contributed by atoms with Gasteiger partial charge in [-0.1, -0.05) is 30.3 Å². The van der Waals surface area contributed by atoms with Crippen LogP contribution < -0.4 is 0 Å². The summed E-state index contributed by atoms with van der Waals surface area (Å²) < 4.78 is 9.64. The largest absolute Gasteiger partial charge is 0.464 e. The molecule has 0 atom stereocenters. The van der Waals surface area contributed by atoms with Crippen LogP contribution in [0, 0.1) is 0 Å². The van der Waals surface area contributed by atoms with Gasteiger partial charge in [0.25, 0.3) is 11.1 Å². The number of carbonyl (C=O) groups excluding carboxylic acids is 4. The summed E-state index contributed by atoms with van der Waals surface area (Å²) in [6.07, 6.45) is 1.53. The molecule has 1 heterocycles. The molecule has 2 amide bonds. The van der Waals surface area contributed by atoms with Crippen LogP contribution in [0.1, 0.15) is 19.4 Å². The molecule has 0 spiro atoms. The zero-order valence-corrected chi connectivity index (χ0v) is 14.6. The molecule has 0 bridgehead atoms. The number of hydrogen-bond donors (Lipinski definition) is 0. The van der Waals surface area contributed by atoms with E-state index in [1.54, 1.807) is 38.1 Å². The normalized spacial score (nSPS) is 15.8. The van der Waals surface area contributed by atoms with Gasteiger partial charge in [0.1, 0.15) is 0 Å². The Balaban J connectivity index is 2.33. The maximum Gasteiger partial charge on any atom is 0.341 e. The van der Waals surface area contributed by atoms with Gasteiger partial charge in [-0.05, 0) is 37.2 Å². The number of imide groups is 1. The van der Waals surface area contributed by atoms with Gasteiger partial charge in [-0.15, -0.1) is 0 Å². The molecular formula is C17H17NO6S. The van der Waals surface area contributed by atoms with Crippen LogP contribution in [0.3, 0.4) is 0 Å². The Hall–Kier alpha value is -2.61. The molecule has 0 aliphatic carbocycles. The van der Waals surface area contributed by atoms with E-state index in [1.807, 2.05) is 6.07 Å². The molecule has 0 unspecified atom stereocenters. The summed E-state index contributed by atoms with van der Waals surface area (Å²) in [4.78, 5) is 49.8. The van der Waals surface area contributed by atoms with Crippen molar-refractivity contribution in [2.45, 2.75) is 19.9 Å². The number of hydrogen-bond acceptors (Lipinski definition) is 7. The van der Waals surface area contributed by atoms with Gasteiger partial charge in [0.2, 0.25) is 6.04 Å². The van der Waals surface area contributed by atoms with Crippen molar-refractivity contribution in [1.29, 1.82) is 0 Å². The first-order valence-corrected chi connectivity index (χ1v) is 8.46. The monoisotopic (exact) mass is 363 g/mol. The SMILES string of the molecule is CCOC(=O)C(C(=O)OCC)N1C(=O)S/C(=C\c2ccccc2)C1=O. The number of rotatable bonds is 6. The summed E-state index contributed by atoms with van der Waals surface area (Å²) in [5.74, 6) is -2.72. The smallest absolute Gasteiger partial charge is 0.341 e. The number of esters is 2. The predicted octanol–water partition coefficient (Wildman–Crippen LogP) is 2.22. The average Bonchev–Trinajstić information content (AvgIpc) is 2.84. The fraction of sp³-hybridized carbons (Fsp3) is 0.294. The third-order valence-corrected chi connectivity index (χ3v) is 4.08. The Bertz CT molecular complexity index is 697. The minimum Gasteiger partial charge on any atom is -0.464 e. The zero-order chi connectivity index (χ0) is 18.4. The Labute approximate surface area is 149 Å². The maximum absolute atomic E-state index is 12.6. The standard InChI is InChI=1S/C17H17NO6S/c1-3-23-15(20)13(16(21)24-4-2)18-14(19)12(25-17(18)22)10-11-8-6-5-7-9-11/h5-10,13H,3-4H2,1-2H3/b12-10-. The van der Waals surface area contributed by atoms with Crippen molar-refractivity contribution < 1.29 is 28.7 Å². The summed E-state index contributed by atoms with van der Waals surface area (Å²) in [6.45, 7) is 3.13. The first-order chi connectivity index (χ1) is 12.0. The summed E-state index contributed by atoms with van der Waals surface area (Å²) in [6, 6.07) is 7.19. The molecule has 1 aliphatic rings. The van der Waals surface area contributed by atoms with E-state index in [9.17, 15) is 19.2 Å². The van der Waals surface area contributed by atoms with E-state index < -0.39 is 29.1 Å². The Kier molecular flexibility index (Phi) is 6.35. The molecule has 1 fully saturated rings. The van der Waals surface area contributed by atoms with Crippen LogP contribution in [-0.2, 0) is 23.9 Å². The molecule has 1 aliphatic heterocycles. The van der Waals surface area contributed by atoms with E-state index in [0.29, 0.717) is 16.7 Å². The lowest BCUT2D eigenvalue weighted by molar-refractivity contribution is -0.164. The molecule has 1 aromatic rings. The first kappa shape index (κ1) is 18.7. The minimum atomic E-state index is -1.74. The Morgan fingerprint density at radius 3 is 2.16 bits per heavy atom. The fourth-order valence-electron chi connectivity index (χ4n) is 2.15. The lowest BCUT2D eigenvalue weighted by atomic mass is 10.2. The predicted molar refractivity (Wildman–Crippen MR) is 91.3 cm³/mol. The zero-order valence-electron chi connectivity index (χ0n) is 13.8. The van der Waals surface area contributed by atoms with E-state index in [2.05, 4.69) is 0 Å². The second-order valence-electron chi connectivity index (χ2n) is 4.87. The number of carbonyl (C=O) groups is 4. The quantitative estimate of drug-likeness (QED) is 0.435. The van der Waals surface area contributed by atoms with Crippen LogP contribution in [0.4, 0.5) is 4.79 Å². The molecular weight excluding hydrogens is 346 g/mol. The van der Waals surface area contributed by atoms with Gasteiger partial charge in [-0.2, -0.15) is 0 Å². The average molecular weight is 363 g/mol. The van der Waals surface area contributed by atoms with E-state index >= 15 is 0 Å². The van der Waals surface area contributed by atoms with Crippen LogP contribution in [0.25, 0.3) is 6.08 Å². The van der Waals surface area contributed by atoms with Crippen molar-refractivity contribution in [2.75, 3.05) is 13.2 Å². The summed E-state index contributed by atoms with van der Waals surface area (Å²) >= 11 is 0.659. The minimum absolute atomic E-state index is 0.00478. The third kappa shape index (κ3) is 4.27. The van der Waals surface area contributed by atoms with Gasteiger partial charge in [0, 0.05) is 0 Å². The number of ether oxygens (including phenoxy) is 2. The lowest BCUT2D eigenvalue weighted by Crippen LogP contribution is -2.50. The summed E-state index contributed by atoms with van der Waals surface area (Å²) in [7, 11) is 0. The highest BCUT2D eigenvalue weighted by Gasteiger charge is 2.48. The van der Waals surface area contributed by atoms with Crippen molar-refractivity contribution in [3.8, 4) is 0 Å². The van der Waals surface area contributed by atoms with Crippen LogP contribution in [0.5, 0.6) is 0 Å². The summed E-state index contributed by atoms with van der Waals surface area (Å²) in [5, 5.41) is -0.724. The number of benzene rings is 1. The third-order valence-electron chi connectivity index (χ3n) is 3.20. The fourth-order valence-corrected chi connectivity index (χ4v) is 3.01. The molecule has 0 N–H and O–H groups in total. The van der Waals surface area contributed by atoms with Crippen LogP contribution >= 0.6 is 11.8 Å². The van der Waals surface area contributed by atoms with Crippen molar-refractivity contribution in [3.05, 3.63) is 40.8 Å². The van der Waals surface area contributed by atoms with Crippen molar-refractivity contribution in [1.82, 2.24) is 4.90 Å². The highest BCUT2D eigenvalue weighted by molar-refractivity contribution is 8.18. The molecule has 0 saturated carbocycles. The summed E-state index contributed by atoms with van der Waals surface area (Å²) in [5.41, 5.74) is 0.719. The van der Waals surface area contributed by atoms with Crippen molar-refractivity contribution >= 4 is 40.9 Å². The van der Waals surface area contributed by atoms with Gasteiger partial charge >= 0.3 is 11.9 Å². The van der Waals surface area contributed by atoms with Crippen LogP contribution in [0.2, 0.25) is 0 Å². The van der Waals surface area contributed by atoms with Crippen LogP contribution in [0.15, 0.2) is 35.2 Å². The molecule has 1 saturated heterocycles. The van der Waals surface area contributed by atoms with E-state index in [1.165, 1.54) is 6.08 Å². The number of amides is 2. The van der Waals surface area contributed by atoms with Gasteiger partial charge in [0.15, 0.2) is 0 Å². The van der Waals surface area contributed by atoms with E-state index in [-0.39, 0.29) is 18.1 Å².